The van der Waals surface area contributed by atoms with Crippen molar-refractivity contribution in [1.82, 2.24) is 10.2 Å². The Bertz CT molecular complexity index is 812. The number of hydrogen-bond donors (Lipinski definition) is 1. The average molecular weight is 395 g/mol. The summed E-state index contributed by atoms with van der Waals surface area (Å²) in [5, 5.41) is 3.06. The maximum absolute atomic E-state index is 12.7. The number of rotatable bonds is 8. The van der Waals surface area contributed by atoms with Crippen molar-refractivity contribution >= 4 is 5.91 Å². The standard InChI is InChI=1S/C25H34N2O2/c1-4-23(29-24-13-8-10-19(2)20(24)3)25(28)26-17-21-11-9-12-22(16-21)18-27-14-6-5-7-15-27/h8-13,16,23H,4-7,14-15,17-18H2,1-3H3,(H,26,28)/t23-/m0/s1. The van der Waals surface area contributed by atoms with Gasteiger partial charge in [0, 0.05) is 13.1 Å². The van der Waals surface area contributed by atoms with Gasteiger partial charge in [-0.1, -0.05) is 49.7 Å². The fourth-order valence-electron chi connectivity index (χ4n) is 3.84. The summed E-state index contributed by atoms with van der Waals surface area (Å²) in [6, 6.07) is 14.5. The summed E-state index contributed by atoms with van der Waals surface area (Å²) < 4.78 is 6.03. The van der Waals surface area contributed by atoms with Gasteiger partial charge in [-0.05, 0) is 74.5 Å². The van der Waals surface area contributed by atoms with Crippen LogP contribution in [0.5, 0.6) is 5.75 Å². The number of likely N-dealkylation sites (tertiary alicyclic amines) is 1. The van der Waals surface area contributed by atoms with Gasteiger partial charge in [0.25, 0.3) is 5.91 Å². The lowest BCUT2D eigenvalue weighted by atomic mass is 10.1. The van der Waals surface area contributed by atoms with Crippen LogP contribution in [0.3, 0.4) is 0 Å². The highest BCUT2D eigenvalue weighted by Crippen LogP contribution is 2.22. The number of benzene rings is 2. The maximum atomic E-state index is 12.7. The van der Waals surface area contributed by atoms with E-state index in [9.17, 15) is 4.79 Å². The Labute approximate surface area is 175 Å². The Hall–Kier alpha value is -2.33. The lowest BCUT2D eigenvalue weighted by Crippen LogP contribution is -2.37. The third-order valence-corrected chi connectivity index (χ3v) is 5.80. The Balaban J connectivity index is 1.56. The molecular formula is C25H34N2O2. The molecule has 0 aliphatic carbocycles. The molecule has 2 aromatic rings. The summed E-state index contributed by atoms with van der Waals surface area (Å²) >= 11 is 0. The molecule has 0 unspecified atom stereocenters. The fraction of sp³-hybridized carbons (Fsp3) is 0.480. The van der Waals surface area contributed by atoms with E-state index in [2.05, 4.69) is 47.5 Å². The van der Waals surface area contributed by atoms with Gasteiger partial charge in [0.05, 0.1) is 0 Å². The van der Waals surface area contributed by atoms with Crippen molar-refractivity contribution in [2.45, 2.75) is 65.6 Å². The van der Waals surface area contributed by atoms with E-state index in [4.69, 9.17) is 4.74 Å². The zero-order valence-corrected chi connectivity index (χ0v) is 18.0. The minimum atomic E-state index is -0.480. The Morgan fingerprint density at radius 3 is 2.55 bits per heavy atom. The molecule has 156 valence electrons. The Kier molecular flexibility index (Phi) is 7.70. The number of ether oxygens (including phenoxy) is 1. The number of carbonyl (C=O) groups excluding carboxylic acids is 1. The van der Waals surface area contributed by atoms with Crippen LogP contribution in [-0.4, -0.2) is 30.0 Å². The van der Waals surface area contributed by atoms with Crippen LogP contribution in [0.4, 0.5) is 0 Å². The minimum absolute atomic E-state index is 0.0603. The highest BCUT2D eigenvalue weighted by atomic mass is 16.5. The van der Waals surface area contributed by atoms with E-state index in [-0.39, 0.29) is 5.91 Å². The molecule has 1 N–H and O–H groups in total. The van der Waals surface area contributed by atoms with E-state index in [1.807, 2.05) is 26.0 Å². The van der Waals surface area contributed by atoms with Crippen molar-refractivity contribution < 1.29 is 9.53 Å². The SMILES string of the molecule is CC[C@H](Oc1cccc(C)c1C)C(=O)NCc1cccc(CN2CCCCC2)c1. The van der Waals surface area contributed by atoms with Crippen molar-refractivity contribution in [3.05, 3.63) is 64.7 Å². The molecule has 4 heteroatoms. The van der Waals surface area contributed by atoms with Gasteiger partial charge >= 0.3 is 0 Å². The van der Waals surface area contributed by atoms with Gasteiger partial charge in [0.15, 0.2) is 6.10 Å². The van der Waals surface area contributed by atoms with E-state index in [1.54, 1.807) is 0 Å². The minimum Gasteiger partial charge on any atom is -0.480 e. The molecule has 0 aromatic heterocycles. The predicted octanol–water partition coefficient (Wildman–Crippen LogP) is 4.76. The molecule has 1 aliphatic rings. The largest absolute Gasteiger partial charge is 0.480 e. The van der Waals surface area contributed by atoms with E-state index >= 15 is 0 Å². The second kappa shape index (κ2) is 10.4. The number of carbonyl (C=O) groups is 1. The van der Waals surface area contributed by atoms with Gasteiger partial charge in [0.1, 0.15) is 5.75 Å². The Morgan fingerprint density at radius 2 is 1.79 bits per heavy atom. The molecule has 0 bridgehead atoms. The van der Waals surface area contributed by atoms with Gasteiger partial charge in [-0.25, -0.2) is 0 Å². The molecule has 0 radical (unpaired) electrons. The smallest absolute Gasteiger partial charge is 0.261 e. The lowest BCUT2D eigenvalue weighted by Gasteiger charge is -2.26. The topological polar surface area (TPSA) is 41.6 Å². The summed E-state index contributed by atoms with van der Waals surface area (Å²) in [6.45, 7) is 9.97. The molecule has 0 saturated carbocycles. The zero-order valence-electron chi connectivity index (χ0n) is 18.0. The fourth-order valence-corrected chi connectivity index (χ4v) is 3.84. The molecule has 0 spiro atoms. The van der Waals surface area contributed by atoms with E-state index in [0.29, 0.717) is 13.0 Å². The average Bonchev–Trinajstić information content (AvgIpc) is 2.74. The molecule has 29 heavy (non-hydrogen) atoms. The first-order chi connectivity index (χ1) is 14.1. The van der Waals surface area contributed by atoms with E-state index in [1.165, 1.54) is 43.5 Å². The summed E-state index contributed by atoms with van der Waals surface area (Å²) in [5.74, 6) is 0.727. The first kappa shape index (κ1) is 21.4. The highest BCUT2D eigenvalue weighted by Gasteiger charge is 2.19. The van der Waals surface area contributed by atoms with Crippen LogP contribution in [0.25, 0.3) is 0 Å². The van der Waals surface area contributed by atoms with Crippen LogP contribution in [-0.2, 0) is 17.9 Å². The summed E-state index contributed by atoms with van der Waals surface area (Å²) in [7, 11) is 0. The summed E-state index contributed by atoms with van der Waals surface area (Å²) in [6.07, 6.45) is 4.11. The molecule has 1 amide bonds. The van der Waals surface area contributed by atoms with Crippen molar-refractivity contribution in [1.29, 1.82) is 0 Å². The zero-order chi connectivity index (χ0) is 20.6. The second-order valence-electron chi connectivity index (χ2n) is 8.09. The summed E-state index contributed by atoms with van der Waals surface area (Å²) in [5.41, 5.74) is 4.71. The van der Waals surface area contributed by atoms with E-state index in [0.717, 1.165) is 23.4 Å². The molecular weight excluding hydrogens is 360 g/mol. The molecule has 1 atom stereocenters. The molecule has 1 heterocycles. The van der Waals surface area contributed by atoms with Gasteiger partial charge in [-0.2, -0.15) is 0 Å². The molecule has 3 rings (SSSR count). The van der Waals surface area contributed by atoms with Gasteiger partial charge in [-0.3, -0.25) is 9.69 Å². The van der Waals surface area contributed by atoms with E-state index < -0.39 is 6.10 Å². The number of hydrogen-bond acceptors (Lipinski definition) is 3. The number of amides is 1. The van der Waals surface area contributed by atoms with Crippen molar-refractivity contribution in [2.24, 2.45) is 0 Å². The predicted molar refractivity (Wildman–Crippen MR) is 118 cm³/mol. The maximum Gasteiger partial charge on any atom is 0.261 e. The monoisotopic (exact) mass is 394 g/mol. The van der Waals surface area contributed by atoms with Gasteiger partial charge in [-0.15, -0.1) is 0 Å². The highest BCUT2D eigenvalue weighted by molar-refractivity contribution is 5.81. The third-order valence-electron chi connectivity index (χ3n) is 5.80. The van der Waals surface area contributed by atoms with Gasteiger partial charge < -0.3 is 10.1 Å². The molecule has 2 aromatic carbocycles. The number of nitrogens with one attached hydrogen (secondary N) is 1. The molecule has 1 fully saturated rings. The number of aryl methyl sites for hydroxylation is 1. The molecule has 4 nitrogen and oxygen atoms in total. The second-order valence-corrected chi connectivity index (χ2v) is 8.09. The van der Waals surface area contributed by atoms with Crippen LogP contribution in [0.1, 0.15) is 54.9 Å². The lowest BCUT2D eigenvalue weighted by molar-refractivity contribution is -0.128. The van der Waals surface area contributed by atoms with Crippen molar-refractivity contribution in [3.63, 3.8) is 0 Å². The molecule has 1 aliphatic heterocycles. The molecule has 1 saturated heterocycles. The van der Waals surface area contributed by atoms with Crippen LogP contribution < -0.4 is 10.1 Å². The quantitative estimate of drug-likeness (QED) is 0.702. The normalized spacial score (nSPS) is 15.7. The number of nitrogens with zero attached hydrogens (tertiary/aromatic N) is 1. The Morgan fingerprint density at radius 1 is 1.07 bits per heavy atom. The van der Waals surface area contributed by atoms with Crippen LogP contribution in [0.15, 0.2) is 42.5 Å². The third kappa shape index (κ3) is 6.07. The number of piperidine rings is 1. The van der Waals surface area contributed by atoms with Crippen LogP contribution >= 0.6 is 0 Å². The first-order valence-corrected chi connectivity index (χ1v) is 10.9. The first-order valence-electron chi connectivity index (χ1n) is 10.9. The van der Waals surface area contributed by atoms with Gasteiger partial charge in [0.2, 0.25) is 0 Å². The van der Waals surface area contributed by atoms with Crippen LogP contribution in [0.2, 0.25) is 0 Å². The van der Waals surface area contributed by atoms with Crippen molar-refractivity contribution in [3.8, 4) is 5.75 Å². The van der Waals surface area contributed by atoms with Crippen molar-refractivity contribution in [2.75, 3.05) is 13.1 Å². The summed E-state index contributed by atoms with van der Waals surface area (Å²) in [4.78, 5) is 15.2. The van der Waals surface area contributed by atoms with Crippen LogP contribution in [0, 0.1) is 13.8 Å².